The standard InChI is InChI=1S/C16H24N6O.C11H14F3N3.C2H6.CH4O/c1-5-7-12-13(10-22-14(12)15(17)18-11-19-22)16(23)21(4)9-6-8-20(2)3;1-3-5-7-15-9-17-10(6-4-2)16-8-11(12,13)14;2*1-2/h5,10-11H,1,6-9H2,2-4H3,(H2,17,18,19);1,4-7,15H,8-9H2,2H3,(H,16,17);1-2H3;2H,1H3/b;6-4-,7-5+;;. The third-order valence-electron chi connectivity index (χ3n) is 5.16. The zero-order chi connectivity index (χ0) is 34.1. The Morgan fingerprint density at radius 1 is 1.27 bits per heavy atom. The average Bonchev–Trinajstić information content (AvgIpc) is 3.36. The second-order valence-electron chi connectivity index (χ2n) is 8.71. The number of amidine groups is 1. The molecule has 0 radical (unpaired) electrons. The Bertz CT molecular complexity index is 1230. The summed E-state index contributed by atoms with van der Waals surface area (Å²) in [5.41, 5.74) is 8.06. The molecule has 0 aromatic carbocycles. The van der Waals surface area contributed by atoms with Gasteiger partial charge in [-0.3, -0.25) is 4.79 Å². The van der Waals surface area contributed by atoms with E-state index in [-0.39, 0.29) is 18.4 Å². The number of hydrogen-bond donors (Lipinski definition) is 4. The van der Waals surface area contributed by atoms with Gasteiger partial charge >= 0.3 is 6.18 Å². The van der Waals surface area contributed by atoms with Crippen molar-refractivity contribution in [2.45, 2.75) is 39.8 Å². The summed E-state index contributed by atoms with van der Waals surface area (Å²) in [5.74, 6) is 2.75. The van der Waals surface area contributed by atoms with Crippen molar-refractivity contribution >= 4 is 23.1 Å². The van der Waals surface area contributed by atoms with E-state index in [0.717, 1.165) is 25.6 Å². The molecule has 0 saturated heterocycles. The maximum Gasteiger partial charge on any atom is 0.405 e. The van der Waals surface area contributed by atoms with Crippen LogP contribution in [0.5, 0.6) is 0 Å². The van der Waals surface area contributed by atoms with E-state index in [1.54, 1.807) is 34.7 Å². The van der Waals surface area contributed by atoms with E-state index < -0.39 is 12.7 Å². The number of allylic oxidation sites excluding steroid dienone is 3. The number of rotatable bonds is 12. The van der Waals surface area contributed by atoms with Crippen LogP contribution in [0.25, 0.3) is 5.52 Å². The van der Waals surface area contributed by atoms with E-state index in [1.165, 1.54) is 24.7 Å². The molecule has 2 aromatic rings. The van der Waals surface area contributed by atoms with Crippen LogP contribution in [0, 0.1) is 12.3 Å². The van der Waals surface area contributed by atoms with Gasteiger partial charge in [0, 0.05) is 39.2 Å². The Balaban J connectivity index is 0. The topological polar surface area (TPSA) is 136 Å². The lowest BCUT2D eigenvalue weighted by atomic mass is 10.1. The maximum absolute atomic E-state index is 12.8. The minimum Gasteiger partial charge on any atom is -0.400 e. The highest BCUT2D eigenvalue weighted by molar-refractivity contribution is 5.99. The number of fused-ring (bicyclic) bond motifs is 1. The first-order chi connectivity index (χ1) is 20.9. The van der Waals surface area contributed by atoms with Crippen molar-refractivity contribution in [2.75, 3.05) is 60.3 Å². The Labute approximate surface area is 259 Å². The number of aromatic nitrogens is 3. The lowest BCUT2D eigenvalue weighted by Crippen LogP contribution is -2.33. The van der Waals surface area contributed by atoms with Gasteiger partial charge in [-0.25, -0.2) is 14.5 Å². The first-order valence-electron chi connectivity index (χ1n) is 13.8. The average molecular weight is 624 g/mol. The van der Waals surface area contributed by atoms with Gasteiger partial charge in [0.05, 0.1) is 5.56 Å². The number of terminal acetylenes is 1. The highest BCUT2D eigenvalue weighted by Crippen LogP contribution is 2.23. The number of halogens is 3. The highest BCUT2D eigenvalue weighted by Gasteiger charge is 2.26. The predicted molar refractivity (Wildman–Crippen MR) is 173 cm³/mol. The molecule has 14 heteroatoms. The fourth-order valence-electron chi connectivity index (χ4n) is 3.37. The molecule has 2 heterocycles. The molecular weight excluding hydrogens is 575 g/mol. The summed E-state index contributed by atoms with van der Waals surface area (Å²) in [6.45, 7) is 10.1. The van der Waals surface area contributed by atoms with Crippen LogP contribution in [-0.4, -0.2) is 102 Å². The van der Waals surface area contributed by atoms with Gasteiger partial charge in [0.2, 0.25) is 0 Å². The van der Waals surface area contributed by atoms with Gasteiger partial charge in [0.1, 0.15) is 30.9 Å². The Morgan fingerprint density at radius 2 is 1.93 bits per heavy atom. The number of nitrogens with zero attached hydrogens (tertiary/aromatic N) is 6. The molecule has 0 saturated carbocycles. The van der Waals surface area contributed by atoms with Crippen LogP contribution in [0.2, 0.25) is 0 Å². The quantitative estimate of drug-likeness (QED) is 0.0928. The summed E-state index contributed by atoms with van der Waals surface area (Å²) < 4.78 is 37.5. The van der Waals surface area contributed by atoms with E-state index in [1.807, 2.05) is 35.0 Å². The van der Waals surface area contributed by atoms with Crippen molar-refractivity contribution in [1.29, 1.82) is 0 Å². The molecule has 0 bridgehead atoms. The molecule has 44 heavy (non-hydrogen) atoms. The van der Waals surface area contributed by atoms with Crippen molar-refractivity contribution in [3.05, 3.63) is 60.7 Å². The van der Waals surface area contributed by atoms with Crippen LogP contribution in [0.3, 0.4) is 0 Å². The Morgan fingerprint density at radius 3 is 2.48 bits per heavy atom. The van der Waals surface area contributed by atoms with Gasteiger partial charge in [-0.15, -0.1) is 13.0 Å². The SMILES string of the molecule is C#C/C=C/NC/N=C(\C=C/C)NCC(F)(F)F.C=CCc1c(C(=O)N(C)CCCN(C)C)cn2ncnc(N)c12.CC.CO. The fourth-order valence-corrected chi connectivity index (χ4v) is 3.37. The molecule has 0 aliphatic carbocycles. The largest absolute Gasteiger partial charge is 0.405 e. The van der Waals surface area contributed by atoms with E-state index in [4.69, 9.17) is 17.3 Å². The normalized spacial score (nSPS) is 11.1. The molecule has 11 nitrogen and oxygen atoms in total. The number of nitrogens with one attached hydrogen (secondary N) is 2. The lowest BCUT2D eigenvalue weighted by Gasteiger charge is -2.18. The van der Waals surface area contributed by atoms with Crippen LogP contribution in [0.4, 0.5) is 19.0 Å². The molecule has 1 amide bonds. The number of aliphatic imine (C=N–C) groups is 1. The molecule has 0 aliphatic rings. The summed E-state index contributed by atoms with van der Waals surface area (Å²) in [4.78, 5) is 24.5. The molecule has 0 fully saturated rings. The Hall–Kier alpha value is -4.35. The second kappa shape index (κ2) is 24.1. The minimum atomic E-state index is -4.26. The van der Waals surface area contributed by atoms with Crippen molar-refractivity contribution in [2.24, 2.45) is 4.99 Å². The number of nitrogen functional groups attached to an aromatic ring is 1. The third kappa shape index (κ3) is 16.9. The number of amides is 1. The number of aliphatic hydroxyl groups excluding tert-OH is 1. The van der Waals surface area contributed by atoms with Crippen molar-refractivity contribution in [1.82, 2.24) is 35.0 Å². The van der Waals surface area contributed by atoms with Gasteiger partial charge in [0.15, 0.2) is 5.82 Å². The third-order valence-corrected chi connectivity index (χ3v) is 5.16. The summed E-state index contributed by atoms with van der Waals surface area (Å²) in [6, 6.07) is 0. The summed E-state index contributed by atoms with van der Waals surface area (Å²) in [6.07, 6.45) is 13.0. The number of nitrogens with two attached hydrogens (primary N) is 1. The van der Waals surface area contributed by atoms with Crippen LogP contribution in [-0.2, 0) is 6.42 Å². The molecule has 246 valence electrons. The fraction of sp³-hybridized carbons (Fsp3) is 0.467. The van der Waals surface area contributed by atoms with Crippen molar-refractivity contribution in [3.8, 4) is 12.3 Å². The van der Waals surface area contributed by atoms with Gasteiger partial charge in [0.25, 0.3) is 5.91 Å². The van der Waals surface area contributed by atoms with E-state index >= 15 is 0 Å². The number of alkyl halides is 3. The van der Waals surface area contributed by atoms with Gasteiger partial charge < -0.3 is 31.3 Å². The number of hydrogen-bond acceptors (Lipinski definition) is 8. The monoisotopic (exact) mass is 623 g/mol. The smallest absolute Gasteiger partial charge is 0.400 e. The molecular formula is C30H48F3N9O2. The number of carbonyl (C=O) groups is 1. The first-order valence-corrected chi connectivity index (χ1v) is 13.8. The summed E-state index contributed by atoms with van der Waals surface area (Å²) in [7, 11) is 6.85. The molecule has 2 aromatic heterocycles. The summed E-state index contributed by atoms with van der Waals surface area (Å²) >= 11 is 0. The second-order valence-corrected chi connectivity index (χ2v) is 8.71. The van der Waals surface area contributed by atoms with E-state index in [9.17, 15) is 18.0 Å². The first kappa shape index (κ1) is 41.8. The van der Waals surface area contributed by atoms with Crippen LogP contribution in [0.15, 0.2) is 54.6 Å². The summed E-state index contributed by atoms with van der Waals surface area (Å²) in [5, 5.41) is 16.0. The van der Waals surface area contributed by atoms with Gasteiger partial charge in [-0.05, 0) is 52.0 Å². The van der Waals surface area contributed by atoms with Crippen molar-refractivity contribution in [3.63, 3.8) is 0 Å². The number of anilines is 1. The predicted octanol–water partition coefficient (Wildman–Crippen LogP) is 3.51. The molecule has 2 rings (SSSR count). The number of aliphatic hydroxyl groups is 1. The van der Waals surface area contributed by atoms with Gasteiger partial charge in [-0.1, -0.05) is 31.9 Å². The maximum atomic E-state index is 12.8. The molecule has 0 spiro atoms. The van der Waals surface area contributed by atoms with Crippen LogP contribution in [0.1, 0.15) is 43.1 Å². The highest BCUT2D eigenvalue weighted by atomic mass is 19.4. The lowest BCUT2D eigenvalue weighted by molar-refractivity contribution is -0.121. The van der Waals surface area contributed by atoms with E-state index in [2.05, 4.69) is 43.1 Å². The van der Waals surface area contributed by atoms with Gasteiger partial charge in [-0.2, -0.15) is 18.3 Å². The zero-order valence-electron chi connectivity index (χ0n) is 26.8. The van der Waals surface area contributed by atoms with Crippen molar-refractivity contribution < 1.29 is 23.1 Å². The number of carbonyl (C=O) groups excluding carboxylic acids is 1. The molecule has 0 atom stereocenters. The van der Waals surface area contributed by atoms with E-state index in [0.29, 0.717) is 29.9 Å². The minimum absolute atomic E-state index is 0.0366. The zero-order valence-corrected chi connectivity index (χ0v) is 26.8. The Kier molecular flexibility index (Phi) is 22.9. The molecule has 0 aliphatic heterocycles. The molecule has 5 N–H and O–H groups in total. The van der Waals surface area contributed by atoms with Crippen LogP contribution >= 0.6 is 0 Å². The van der Waals surface area contributed by atoms with Crippen LogP contribution < -0.4 is 16.4 Å². The molecule has 0 unspecified atom stereocenters.